The first-order chi connectivity index (χ1) is 11.7. The molecule has 0 bridgehead atoms. The molecule has 2 N–H and O–H groups in total. The molecule has 2 aromatic rings. The second kappa shape index (κ2) is 7.66. The molecule has 1 heterocycles. The van der Waals surface area contributed by atoms with Crippen LogP contribution in [0.3, 0.4) is 0 Å². The van der Waals surface area contributed by atoms with E-state index in [0.717, 1.165) is 11.3 Å². The summed E-state index contributed by atoms with van der Waals surface area (Å²) in [6, 6.07) is 6.25. The third-order valence-electron chi connectivity index (χ3n) is 3.59. The summed E-state index contributed by atoms with van der Waals surface area (Å²) in [5.74, 6) is 0.456. The summed E-state index contributed by atoms with van der Waals surface area (Å²) in [5, 5.41) is 6.31. The Kier molecular flexibility index (Phi) is 5.81. The summed E-state index contributed by atoms with van der Waals surface area (Å²) in [6.07, 6.45) is 0. The van der Waals surface area contributed by atoms with Crippen LogP contribution < -0.4 is 14.8 Å². The first kappa shape index (κ1) is 18.9. The number of benzene rings is 1. The fourth-order valence-electron chi connectivity index (χ4n) is 2.29. The van der Waals surface area contributed by atoms with Gasteiger partial charge in [0.1, 0.15) is 16.3 Å². The summed E-state index contributed by atoms with van der Waals surface area (Å²) >= 11 is 0. The van der Waals surface area contributed by atoms with Crippen molar-refractivity contribution in [1.29, 1.82) is 0 Å². The Hall–Kier alpha value is -2.39. The van der Waals surface area contributed by atoms with Crippen molar-refractivity contribution in [3.63, 3.8) is 0 Å². The van der Waals surface area contributed by atoms with Crippen LogP contribution in [0, 0.1) is 13.8 Å². The molecule has 136 valence electrons. The van der Waals surface area contributed by atoms with Crippen LogP contribution in [-0.2, 0) is 21.4 Å². The van der Waals surface area contributed by atoms with E-state index < -0.39 is 22.0 Å². The van der Waals surface area contributed by atoms with E-state index in [1.54, 1.807) is 19.2 Å². The monoisotopic (exact) mass is 367 g/mol. The predicted molar refractivity (Wildman–Crippen MR) is 90.6 cm³/mol. The van der Waals surface area contributed by atoms with Crippen LogP contribution in [-0.4, -0.2) is 32.6 Å². The molecule has 1 aromatic carbocycles. The van der Waals surface area contributed by atoms with E-state index in [0.29, 0.717) is 0 Å². The van der Waals surface area contributed by atoms with E-state index in [4.69, 9.17) is 9.26 Å². The Labute approximate surface area is 146 Å². The van der Waals surface area contributed by atoms with Crippen molar-refractivity contribution in [1.82, 2.24) is 15.2 Å². The second-order valence-electron chi connectivity index (χ2n) is 5.56. The van der Waals surface area contributed by atoms with Crippen LogP contribution in [0.1, 0.15) is 23.9 Å². The van der Waals surface area contributed by atoms with E-state index in [9.17, 15) is 13.2 Å². The third kappa shape index (κ3) is 4.58. The number of nitrogens with one attached hydrogen (secondary N) is 2. The number of carbonyl (C=O) groups is 1. The fourth-order valence-corrected chi connectivity index (χ4v) is 3.82. The molecular weight excluding hydrogens is 346 g/mol. The van der Waals surface area contributed by atoms with E-state index >= 15 is 0 Å². The van der Waals surface area contributed by atoms with Gasteiger partial charge in [0.15, 0.2) is 5.76 Å². The van der Waals surface area contributed by atoms with Crippen LogP contribution in [0.5, 0.6) is 5.75 Å². The minimum atomic E-state index is -3.90. The van der Waals surface area contributed by atoms with Crippen LogP contribution in [0.25, 0.3) is 0 Å². The topological polar surface area (TPSA) is 111 Å². The van der Waals surface area contributed by atoms with Gasteiger partial charge in [0.05, 0.1) is 13.2 Å². The van der Waals surface area contributed by atoms with Gasteiger partial charge in [-0.1, -0.05) is 17.3 Å². The summed E-state index contributed by atoms with van der Waals surface area (Å²) in [4.78, 5) is 12.1. The van der Waals surface area contributed by atoms with Crippen molar-refractivity contribution < 1.29 is 22.5 Å². The number of methoxy groups -OCH3 is 1. The molecule has 25 heavy (non-hydrogen) atoms. The lowest BCUT2D eigenvalue weighted by atomic mass is 10.2. The number of amides is 1. The molecule has 0 saturated carbocycles. The van der Waals surface area contributed by atoms with Crippen molar-refractivity contribution in [2.75, 3.05) is 7.11 Å². The first-order valence-electron chi connectivity index (χ1n) is 7.60. The van der Waals surface area contributed by atoms with Crippen LogP contribution in [0.4, 0.5) is 0 Å². The molecule has 0 aliphatic carbocycles. The largest absolute Gasteiger partial charge is 0.497 e. The SMILES string of the molecule is COc1ccc(CNC(=O)[C@H](C)NS(=O)(=O)c2c(C)noc2C)cc1. The Balaban J connectivity index is 1.97. The number of aromatic nitrogens is 1. The number of sulfonamides is 1. The maximum atomic E-state index is 12.4. The predicted octanol–water partition coefficient (Wildman–Crippen LogP) is 1.28. The standard InChI is InChI=1S/C16H21N3O5S/c1-10-15(12(3)24-18-10)25(21,22)19-11(2)16(20)17-9-13-5-7-14(23-4)8-6-13/h5-8,11,19H,9H2,1-4H3,(H,17,20)/t11-/m0/s1. The smallest absolute Gasteiger partial charge is 0.246 e. The molecular formula is C16H21N3O5S. The molecule has 0 aliphatic rings. The van der Waals surface area contributed by atoms with Crippen molar-refractivity contribution in [3.05, 3.63) is 41.3 Å². The van der Waals surface area contributed by atoms with Crippen LogP contribution in [0.15, 0.2) is 33.7 Å². The van der Waals surface area contributed by atoms with Gasteiger partial charge in [-0.15, -0.1) is 0 Å². The minimum Gasteiger partial charge on any atom is -0.497 e. The number of hydrogen-bond donors (Lipinski definition) is 2. The molecule has 0 aliphatic heterocycles. The Bertz CT molecular complexity index is 824. The van der Waals surface area contributed by atoms with Gasteiger partial charge in [0.25, 0.3) is 0 Å². The number of rotatable bonds is 7. The maximum absolute atomic E-state index is 12.4. The second-order valence-corrected chi connectivity index (χ2v) is 7.21. The molecule has 0 radical (unpaired) electrons. The van der Waals surface area contributed by atoms with Gasteiger partial charge >= 0.3 is 0 Å². The molecule has 0 unspecified atom stereocenters. The highest BCUT2D eigenvalue weighted by molar-refractivity contribution is 7.89. The number of ether oxygens (including phenoxy) is 1. The number of carbonyl (C=O) groups excluding carboxylic acids is 1. The number of nitrogens with zero attached hydrogens (tertiary/aromatic N) is 1. The lowest BCUT2D eigenvalue weighted by Gasteiger charge is -2.14. The first-order valence-corrected chi connectivity index (χ1v) is 9.08. The zero-order valence-corrected chi connectivity index (χ0v) is 15.3. The van der Waals surface area contributed by atoms with Gasteiger partial charge in [-0.25, -0.2) is 8.42 Å². The quantitative estimate of drug-likeness (QED) is 0.763. The molecule has 0 fully saturated rings. The van der Waals surface area contributed by atoms with E-state index in [2.05, 4.69) is 15.2 Å². The van der Waals surface area contributed by atoms with Crippen LogP contribution in [0.2, 0.25) is 0 Å². The highest BCUT2D eigenvalue weighted by Gasteiger charge is 2.27. The summed E-state index contributed by atoms with van der Waals surface area (Å²) in [6.45, 7) is 4.78. The van der Waals surface area contributed by atoms with E-state index in [1.807, 2.05) is 12.1 Å². The van der Waals surface area contributed by atoms with Gasteiger partial charge in [-0.3, -0.25) is 4.79 Å². The summed E-state index contributed by atoms with van der Waals surface area (Å²) < 4.78 is 37.0. The molecule has 0 saturated heterocycles. The van der Waals surface area contributed by atoms with Gasteiger partial charge in [0, 0.05) is 6.54 Å². The maximum Gasteiger partial charge on any atom is 0.246 e. The molecule has 1 amide bonds. The summed E-state index contributed by atoms with van der Waals surface area (Å²) in [7, 11) is -2.33. The Morgan fingerprint density at radius 1 is 1.28 bits per heavy atom. The average Bonchev–Trinajstić information content (AvgIpc) is 2.92. The van der Waals surface area contributed by atoms with Gasteiger partial charge in [-0.05, 0) is 38.5 Å². The van der Waals surface area contributed by atoms with E-state index in [1.165, 1.54) is 20.8 Å². The third-order valence-corrected chi connectivity index (χ3v) is 5.37. The van der Waals surface area contributed by atoms with Crippen molar-refractivity contribution in [2.24, 2.45) is 0 Å². The minimum absolute atomic E-state index is 0.0395. The lowest BCUT2D eigenvalue weighted by Crippen LogP contribution is -2.44. The number of aryl methyl sites for hydroxylation is 2. The fraction of sp³-hybridized carbons (Fsp3) is 0.375. The van der Waals surface area contributed by atoms with Gasteiger partial charge in [0.2, 0.25) is 15.9 Å². The highest BCUT2D eigenvalue weighted by Crippen LogP contribution is 2.18. The zero-order valence-electron chi connectivity index (χ0n) is 14.5. The Morgan fingerprint density at radius 3 is 2.44 bits per heavy atom. The lowest BCUT2D eigenvalue weighted by molar-refractivity contribution is -0.122. The zero-order chi connectivity index (χ0) is 18.6. The molecule has 1 aromatic heterocycles. The van der Waals surface area contributed by atoms with Crippen LogP contribution >= 0.6 is 0 Å². The molecule has 9 heteroatoms. The van der Waals surface area contributed by atoms with Crippen molar-refractivity contribution >= 4 is 15.9 Å². The Morgan fingerprint density at radius 2 is 1.92 bits per heavy atom. The molecule has 1 atom stereocenters. The van der Waals surface area contributed by atoms with Gasteiger partial charge < -0.3 is 14.6 Å². The van der Waals surface area contributed by atoms with E-state index in [-0.39, 0.29) is 22.9 Å². The molecule has 2 rings (SSSR count). The molecule has 8 nitrogen and oxygen atoms in total. The molecule has 0 spiro atoms. The van der Waals surface area contributed by atoms with Crippen molar-refractivity contribution in [2.45, 2.75) is 38.3 Å². The summed E-state index contributed by atoms with van der Waals surface area (Å²) in [5.41, 5.74) is 1.12. The normalized spacial score (nSPS) is 12.6. The highest BCUT2D eigenvalue weighted by atomic mass is 32.2. The average molecular weight is 367 g/mol. The van der Waals surface area contributed by atoms with Crippen molar-refractivity contribution in [3.8, 4) is 5.75 Å². The number of hydrogen-bond acceptors (Lipinski definition) is 6. The van der Waals surface area contributed by atoms with Gasteiger partial charge in [-0.2, -0.15) is 4.72 Å².